The second-order valence-electron chi connectivity index (χ2n) is 2.51. The maximum Gasteiger partial charge on any atom is 0.204 e. The van der Waals surface area contributed by atoms with Crippen molar-refractivity contribution in [3.8, 4) is 11.5 Å². The zero-order valence-corrected chi connectivity index (χ0v) is 8.63. The van der Waals surface area contributed by atoms with Crippen molar-refractivity contribution in [2.75, 3.05) is 13.2 Å². The normalized spacial score (nSPS) is 9.33. The Bertz CT molecular complexity index is 274. The van der Waals surface area contributed by atoms with E-state index >= 15 is 0 Å². The van der Waals surface area contributed by atoms with E-state index in [2.05, 4.69) is 0 Å². The first-order valence-corrected chi connectivity index (χ1v) is 4.48. The van der Waals surface area contributed by atoms with Crippen LogP contribution in [0.25, 0.3) is 0 Å². The minimum Gasteiger partial charge on any atom is -0.505 e. The Morgan fingerprint density at radius 2 is 1.33 bits per heavy atom. The Kier molecular flexibility index (Phi) is 6.37. The van der Waals surface area contributed by atoms with Crippen LogP contribution in [0, 0.1) is 11.6 Å². The van der Waals surface area contributed by atoms with E-state index in [-0.39, 0.29) is 0 Å². The molecule has 2 N–H and O–H groups in total. The van der Waals surface area contributed by atoms with E-state index in [0.717, 1.165) is 25.3 Å². The average molecular weight is 220 g/mol. The molecule has 0 saturated carbocycles. The molecule has 0 unspecified atom stereocenters. The van der Waals surface area contributed by atoms with Crippen molar-refractivity contribution in [2.45, 2.75) is 13.8 Å². The van der Waals surface area contributed by atoms with Crippen LogP contribution in [0.15, 0.2) is 12.1 Å². The molecule has 15 heavy (non-hydrogen) atoms. The van der Waals surface area contributed by atoms with Gasteiger partial charge in [0.2, 0.25) is 11.6 Å². The van der Waals surface area contributed by atoms with Crippen molar-refractivity contribution >= 4 is 0 Å². The lowest BCUT2D eigenvalue weighted by Crippen LogP contribution is -1.84. The molecular weight excluding hydrogens is 206 g/mol. The highest BCUT2D eigenvalue weighted by Gasteiger charge is 2.10. The molecule has 0 radical (unpaired) electrons. The van der Waals surface area contributed by atoms with E-state index in [0.29, 0.717) is 0 Å². The van der Waals surface area contributed by atoms with Crippen LogP contribution in [-0.4, -0.2) is 23.4 Å². The molecule has 0 aromatic heterocycles. The minimum absolute atomic E-state index is 0.810. The monoisotopic (exact) mass is 220 g/mol. The van der Waals surface area contributed by atoms with Crippen molar-refractivity contribution in [3.63, 3.8) is 0 Å². The summed E-state index contributed by atoms with van der Waals surface area (Å²) in [5, 5.41) is 17.0. The van der Waals surface area contributed by atoms with Crippen LogP contribution in [0.4, 0.5) is 8.78 Å². The Balaban J connectivity index is 0.000000336. The van der Waals surface area contributed by atoms with Crippen LogP contribution >= 0.6 is 0 Å². The Hall–Kier alpha value is -1.36. The fourth-order valence-electron chi connectivity index (χ4n) is 0.733. The number of hydrogen-bond donors (Lipinski definition) is 2. The van der Waals surface area contributed by atoms with Crippen molar-refractivity contribution in [2.24, 2.45) is 0 Å². The number of rotatable bonds is 2. The standard InChI is InChI=1S/C6H4F2O2.C4H10O/c7-5-3(9)1-2-4(10)6(5)8;1-3-5-4-2/h1-2,9-10H;3-4H2,1-2H3. The highest BCUT2D eigenvalue weighted by molar-refractivity contribution is 5.32. The van der Waals surface area contributed by atoms with E-state index in [9.17, 15) is 8.78 Å². The van der Waals surface area contributed by atoms with Crippen LogP contribution < -0.4 is 0 Å². The predicted molar refractivity (Wildman–Crippen MR) is 51.9 cm³/mol. The molecule has 1 aromatic carbocycles. The first kappa shape index (κ1) is 13.6. The first-order valence-electron chi connectivity index (χ1n) is 4.48. The summed E-state index contributed by atoms with van der Waals surface area (Å²) in [4.78, 5) is 0. The van der Waals surface area contributed by atoms with Crippen LogP contribution in [0.5, 0.6) is 11.5 Å². The molecule has 5 heteroatoms. The summed E-state index contributed by atoms with van der Waals surface area (Å²) < 4.78 is 29.2. The quantitative estimate of drug-likeness (QED) is 0.752. The van der Waals surface area contributed by atoms with Gasteiger partial charge in [0.25, 0.3) is 0 Å². The Morgan fingerprint density at radius 1 is 1.00 bits per heavy atom. The highest BCUT2D eigenvalue weighted by Crippen LogP contribution is 2.24. The maximum absolute atomic E-state index is 12.2. The molecule has 0 aliphatic heterocycles. The van der Waals surface area contributed by atoms with Crippen molar-refractivity contribution in [1.29, 1.82) is 0 Å². The SMILES string of the molecule is CCOCC.Oc1ccc(O)c(F)c1F. The summed E-state index contributed by atoms with van der Waals surface area (Å²) in [5.41, 5.74) is 0. The van der Waals surface area contributed by atoms with Crippen LogP contribution in [-0.2, 0) is 4.74 Å². The molecule has 0 aliphatic carbocycles. The van der Waals surface area contributed by atoms with E-state index in [1.54, 1.807) is 0 Å². The van der Waals surface area contributed by atoms with Gasteiger partial charge in [0.05, 0.1) is 0 Å². The summed E-state index contributed by atoms with van der Waals surface area (Å²) in [6, 6.07) is 1.74. The second kappa shape index (κ2) is 7.00. The van der Waals surface area contributed by atoms with Gasteiger partial charge in [0.1, 0.15) is 0 Å². The second-order valence-corrected chi connectivity index (χ2v) is 2.51. The van der Waals surface area contributed by atoms with Crippen molar-refractivity contribution in [1.82, 2.24) is 0 Å². The topological polar surface area (TPSA) is 49.7 Å². The van der Waals surface area contributed by atoms with E-state index in [1.165, 1.54) is 0 Å². The van der Waals surface area contributed by atoms with Gasteiger partial charge in [-0.3, -0.25) is 0 Å². The Labute approximate surface area is 86.9 Å². The number of aromatic hydroxyl groups is 2. The molecule has 1 rings (SSSR count). The number of halogens is 2. The van der Waals surface area contributed by atoms with Gasteiger partial charge in [-0.15, -0.1) is 0 Å². The van der Waals surface area contributed by atoms with Crippen LogP contribution in [0.3, 0.4) is 0 Å². The largest absolute Gasteiger partial charge is 0.505 e. The van der Waals surface area contributed by atoms with Gasteiger partial charge < -0.3 is 14.9 Å². The third-order valence-electron chi connectivity index (χ3n) is 1.45. The number of ether oxygens (including phenoxy) is 1. The van der Waals surface area contributed by atoms with Crippen LogP contribution in [0.1, 0.15) is 13.8 Å². The van der Waals surface area contributed by atoms with Gasteiger partial charge >= 0.3 is 0 Å². The fourth-order valence-corrected chi connectivity index (χ4v) is 0.733. The predicted octanol–water partition coefficient (Wildman–Crippen LogP) is 2.42. The molecule has 86 valence electrons. The number of hydrogen-bond acceptors (Lipinski definition) is 3. The lowest BCUT2D eigenvalue weighted by atomic mass is 10.3. The van der Waals surface area contributed by atoms with Gasteiger partial charge in [0, 0.05) is 13.2 Å². The Morgan fingerprint density at radius 3 is 1.53 bits per heavy atom. The van der Waals surface area contributed by atoms with Crippen molar-refractivity contribution in [3.05, 3.63) is 23.8 Å². The van der Waals surface area contributed by atoms with Gasteiger partial charge in [-0.2, -0.15) is 8.78 Å². The summed E-state index contributed by atoms with van der Waals surface area (Å²) in [7, 11) is 0. The van der Waals surface area contributed by atoms with Gasteiger partial charge in [-0.05, 0) is 26.0 Å². The third-order valence-corrected chi connectivity index (χ3v) is 1.45. The first-order chi connectivity index (χ1) is 7.04. The van der Waals surface area contributed by atoms with Gasteiger partial charge in [-0.1, -0.05) is 0 Å². The van der Waals surface area contributed by atoms with Crippen molar-refractivity contribution < 1.29 is 23.7 Å². The summed E-state index contributed by atoms with van der Waals surface area (Å²) in [6.45, 7) is 5.67. The molecular formula is C10H14F2O3. The van der Waals surface area contributed by atoms with E-state index in [1.807, 2.05) is 13.8 Å². The van der Waals surface area contributed by atoms with Gasteiger partial charge in [-0.25, -0.2) is 0 Å². The van der Waals surface area contributed by atoms with E-state index in [4.69, 9.17) is 14.9 Å². The lowest BCUT2D eigenvalue weighted by molar-refractivity contribution is 0.162. The number of phenols is 2. The van der Waals surface area contributed by atoms with Gasteiger partial charge in [0.15, 0.2) is 11.5 Å². The average Bonchev–Trinajstić information content (AvgIpc) is 2.23. The fraction of sp³-hybridized carbons (Fsp3) is 0.400. The zero-order chi connectivity index (χ0) is 11.8. The highest BCUT2D eigenvalue weighted by atomic mass is 19.2. The molecule has 0 spiro atoms. The molecule has 3 nitrogen and oxygen atoms in total. The molecule has 0 amide bonds. The smallest absolute Gasteiger partial charge is 0.204 e. The summed E-state index contributed by atoms with van der Waals surface area (Å²) in [5.74, 6) is -4.48. The van der Waals surface area contributed by atoms with E-state index < -0.39 is 23.1 Å². The van der Waals surface area contributed by atoms with Crippen LogP contribution in [0.2, 0.25) is 0 Å². The summed E-state index contributed by atoms with van der Waals surface area (Å²) >= 11 is 0. The molecule has 1 aromatic rings. The number of phenolic OH excluding ortho intramolecular Hbond substituents is 2. The molecule has 0 saturated heterocycles. The molecule has 0 fully saturated rings. The number of benzene rings is 1. The molecule has 0 aliphatic rings. The third kappa shape index (κ3) is 4.60. The molecule has 0 heterocycles. The summed E-state index contributed by atoms with van der Waals surface area (Å²) in [6.07, 6.45) is 0. The molecule has 0 atom stereocenters. The molecule has 0 bridgehead atoms. The zero-order valence-electron chi connectivity index (χ0n) is 8.63. The minimum atomic E-state index is -1.43. The lowest BCUT2D eigenvalue weighted by Gasteiger charge is -1.96. The maximum atomic E-state index is 12.2.